The first-order chi connectivity index (χ1) is 33.3. The van der Waals surface area contributed by atoms with E-state index in [9.17, 15) is 0 Å². The van der Waals surface area contributed by atoms with Gasteiger partial charge in [0, 0.05) is 56.4 Å². The number of hydrogen-bond acceptors (Lipinski definition) is 5. The van der Waals surface area contributed by atoms with Gasteiger partial charge in [-0.25, -0.2) is 0 Å². The molecule has 0 unspecified atom stereocenters. The summed E-state index contributed by atoms with van der Waals surface area (Å²) in [4.78, 5) is 9.44. The zero-order chi connectivity index (χ0) is 47.1. The van der Waals surface area contributed by atoms with E-state index in [4.69, 9.17) is 11.8 Å². The quantitative estimate of drug-likeness (QED) is 0.142. The van der Waals surface area contributed by atoms with Gasteiger partial charge in [-0.15, -0.1) is 42.9 Å². The summed E-state index contributed by atoms with van der Waals surface area (Å²) >= 11 is 0. The molecule has 0 atom stereocenters. The minimum atomic E-state index is 0. The Kier molecular flexibility index (Phi) is 13.2. The van der Waals surface area contributed by atoms with E-state index in [1.54, 1.807) is 0 Å². The molecule has 0 radical (unpaired) electrons. The molecule has 6 heteroatoms. The first-order valence-electron chi connectivity index (χ1n) is 23.1. The van der Waals surface area contributed by atoms with Crippen molar-refractivity contribution in [3.63, 3.8) is 0 Å². The van der Waals surface area contributed by atoms with Gasteiger partial charge in [-0.1, -0.05) is 146 Å². The van der Waals surface area contributed by atoms with Crippen LogP contribution in [0.3, 0.4) is 0 Å². The van der Waals surface area contributed by atoms with E-state index in [1.165, 1.54) is 89.3 Å². The molecule has 2 aliphatic rings. The van der Waals surface area contributed by atoms with E-state index in [0.717, 1.165) is 34.1 Å². The monoisotopic (exact) mass is 1070 g/mol. The Morgan fingerprint density at radius 2 is 0.565 bits per heavy atom. The van der Waals surface area contributed by atoms with Crippen molar-refractivity contribution < 1.29 is 21.1 Å². The largest absolute Gasteiger partial charge is 4.00 e. The maximum Gasteiger partial charge on any atom is 4.00 e. The summed E-state index contributed by atoms with van der Waals surface area (Å²) in [6, 6.07) is 71.4. The average molecular weight is 1070 g/mol. The minimum Gasteiger partial charge on any atom is -0.512 e. The Morgan fingerprint density at radius 1 is 0.319 bits per heavy atom. The summed E-state index contributed by atoms with van der Waals surface area (Å²) in [7, 11) is 0. The van der Waals surface area contributed by atoms with Gasteiger partial charge in [0.25, 0.3) is 0 Å². The second-order valence-electron chi connectivity index (χ2n) is 17.5. The van der Waals surface area contributed by atoms with Crippen molar-refractivity contribution in [3.8, 4) is 44.5 Å². The third kappa shape index (κ3) is 7.99. The molecule has 0 aromatic heterocycles. The van der Waals surface area contributed by atoms with Gasteiger partial charge in [-0.2, -0.15) is 6.07 Å². The van der Waals surface area contributed by atoms with E-state index < -0.39 is 0 Å². The fourth-order valence-corrected chi connectivity index (χ4v) is 10.3. The molecular weight excluding hydrogens is 1020 g/mol. The molecular formula is C63H51N5Pt. The third-order valence-corrected chi connectivity index (χ3v) is 14.0. The van der Waals surface area contributed by atoms with Crippen LogP contribution in [-0.2, 0) is 21.1 Å². The summed E-state index contributed by atoms with van der Waals surface area (Å²) in [6.07, 6.45) is 0. The number of fused-ring (bicyclic) bond motifs is 2. The molecule has 0 amide bonds. The second kappa shape index (κ2) is 19.5. The van der Waals surface area contributed by atoms with Crippen molar-refractivity contribution in [2.45, 2.75) is 41.5 Å². The molecule has 0 N–H and O–H groups in total. The summed E-state index contributed by atoms with van der Waals surface area (Å²) in [5.41, 5.74) is 26.1. The first kappa shape index (κ1) is 46.5. The number of hydrogen-bond donors (Lipinski definition) is 0. The van der Waals surface area contributed by atoms with Gasteiger partial charge in [0.15, 0.2) is 0 Å². The zero-order valence-electron chi connectivity index (χ0n) is 39.6. The van der Waals surface area contributed by atoms with E-state index >= 15 is 0 Å². The van der Waals surface area contributed by atoms with Gasteiger partial charge in [-0.3, -0.25) is 0 Å². The van der Waals surface area contributed by atoms with Crippen molar-refractivity contribution >= 4 is 45.5 Å². The molecule has 2 heterocycles. The van der Waals surface area contributed by atoms with Crippen molar-refractivity contribution in [2.75, 3.05) is 19.6 Å². The van der Waals surface area contributed by atoms with Gasteiger partial charge in [-0.05, 0) is 121 Å². The molecule has 0 saturated carbocycles. The number of para-hydroxylation sites is 4. The van der Waals surface area contributed by atoms with Crippen LogP contribution in [0.4, 0.5) is 45.5 Å². The van der Waals surface area contributed by atoms with Crippen LogP contribution < -0.4 is 19.6 Å². The molecule has 9 aromatic rings. The fraction of sp³-hybridized carbons (Fsp3) is 0.0952. The molecule has 0 fully saturated rings. The third-order valence-electron chi connectivity index (χ3n) is 14.0. The van der Waals surface area contributed by atoms with Crippen LogP contribution in [0, 0.1) is 72.8 Å². The molecule has 5 nitrogen and oxygen atoms in total. The van der Waals surface area contributed by atoms with Crippen molar-refractivity contribution in [2.24, 2.45) is 0 Å². The molecule has 69 heavy (non-hydrogen) atoms. The Bertz CT molecular complexity index is 2980. The number of rotatable bonds is 8. The Hall–Kier alpha value is -7.64. The van der Waals surface area contributed by atoms with Gasteiger partial charge in [0.05, 0.1) is 0 Å². The van der Waals surface area contributed by atoms with Crippen LogP contribution in [0.5, 0.6) is 0 Å². The zero-order valence-corrected chi connectivity index (χ0v) is 41.9. The summed E-state index contributed by atoms with van der Waals surface area (Å²) in [5, 5.41) is 6.25. The maximum absolute atomic E-state index is 6.25. The molecule has 0 bridgehead atoms. The molecule has 0 aliphatic carbocycles. The minimum absolute atomic E-state index is 0. The number of benzene rings is 9. The van der Waals surface area contributed by atoms with Crippen molar-refractivity contribution in [3.05, 3.63) is 247 Å². The standard InChI is InChI=1S/C62H51N4.CN.Pt/c1-41-43(3)57(47-24-11-7-12-25-47)61(58(44(41)4)48-26-13-8-14-27-48)65-39-63(53-34-19-21-36-55(53)65)51-32-23-33-52(38-51)64-40-66(56-37-22-20-35-54(56)64)62-59(49-28-15-9-16-29-49)45(5)42(2)46(6)60(62)50-30-17-10-18-31-50;1-2;/h7-37,39-40H,1-6H3;;/q-3;-1;+4. The van der Waals surface area contributed by atoms with Crippen LogP contribution in [0.25, 0.3) is 44.5 Å². The topological polar surface area (TPSA) is 36.8 Å². The molecule has 0 spiro atoms. The number of anilines is 8. The summed E-state index contributed by atoms with van der Waals surface area (Å²) in [6.45, 7) is 22.9. The van der Waals surface area contributed by atoms with Crippen molar-refractivity contribution in [1.29, 1.82) is 5.26 Å². The van der Waals surface area contributed by atoms with E-state index in [0.29, 0.717) is 0 Å². The molecule has 9 aromatic carbocycles. The van der Waals surface area contributed by atoms with Crippen LogP contribution in [0.2, 0.25) is 0 Å². The molecule has 2 aliphatic heterocycles. The molecule has 0 saturated heterocycles. The predicted molar refractivity (Wildman–Crippen MR) is 283 cm³/mol. The van der Waals surface area contributed by atoms with Crippen LogP contribution in [0.1, 0.15) is 33.4 Å². The van der Waals surface area contributed by atoms with Gasteiger partial charge in [0.1, 0.15) is 0 Å². The van der Waals surface area contributed by atoms with Gasteiger partial charge in [0.2, 0.25) is 0 Å². The van der Waals surface area contributed by atoms with Crippen LogP contribution >= 0.6 is 0 Å². The number of nitrogens with zero attached hydrogens (tertiary/aromatic N) is 5. The second-order valence-corrected chi connectivity index (χ2v) is 17.5. The first-order valence-corrected chi connectivity index (χ1v) is 23.1. The SMILES string of the molecule is Cc1c(C)c(-c2ccccc2)c(N2[CH-]N(c3[c-]c(N4[CH-]N(c5c(-c6ccccc6)c(C)c(C)c(C)c5-c5ccccc5)c5ccccc54)ccc3)c3ccccc32)c(-c2ccccc2)c1C.[C-]#N.[Pt+4]. The van der Waals surface area contributed by atoms with Crippen LogP contribution in [0.15, 0.2) is 188 Å². The Balaban J connectivity index is 0.00000195. The van der Waals surface area contributed by atoms with Gasteiger partial charge >= 0.3 is 21.1 Å². The van der Waals surface area contributed by atoms with Gasteiger partial charge < -0.3 is 31.4 Å². The predicted octanol–water partition coefficient (Wildman–Crippen LogP) is 16.9. The maximum atomic E-state index is 6.25. The Labute approximate surface area is 422 Å². The molecule has 338 valence electrons. The average Bonchev–Trinajstić information content (AvgIpc) is 3.98. The van der Waals surface area contributed by atoms with Crippen LogP contribution in [-0.4, -0.2) is 0 Å². The van der Waals surface area contributed by atoms with Crippen molar-refractivity contribution in [1.82, 2.24) is 0 Å². The molecule has 11 rings (SSSR count). The van der Waals surface area contributed by atoms with E-state index in [-0.39, 0.29) is 21.1 Å². The normalized spacial score (nSPS) is 12.5. The fourth-order valence-electron chi connectivity index (χ4n) is 10.3. The van der Waals surface area contributed by atoms with E-state index in [2.05, 4.69) is 269 Å². The van der Waals surface area contributed by atoms with E-state index in [1.807, 2.05) is 0 Å². The summed E-state index contributed by atoms with van der Waals surface area (Å²) < 4.78 is 0. The summed E-state index contributed by atoms with van der Waals surface area (Å²) in [5.74, 6) is 0. The smallest absolute Gasteiger partial charge is 0.512 e. The Morgan fingerprint density at radius 3 is 0.841 bits per heavy atom.